The van der Waals surface area contributed by atoms with Crippen molar-refractivity contribution in [2.24, 2.45) is 0 Å². The summed E-state index contributed by atoms with van der Waals surface area (Å²) >= 11 is 0. The molecular weight excluding hydrogens is 214 g/mol. The van der Waals surface area contributed by atoms with Gasteiger partial charge < -0.3 is 10.2 Å². The van der Waals surface area contributed by atoms with Crippen molar-refractivity contribution in [1.82, 2.24) is 15.2 Å². The first kappa shape index (κ1) is 11.0. The Labute approximate surface area is 91.6 Å². The fourth-order valence-corrected chi connectivity index (χ4v) is 1.76. The number of hydrogen-bond donors (Lipinski definition) is 2. The van der Waals surface area contributed by atoms with Crippen LogP contribution in [-0.4, -0.2) is 50.6 Å². The Morgan fingerprint density at radius 3 is 2.75 bits per heavy atom. The predicted octanol–water partition coefficient (Wildman–Crippen LogP) is -0.276. The highest BCUT2D eigenvalue weighted by molar-refractivity contribution is 5.86. The summed E-state index contributed by atoms with van der Waals surface area (Å²) in [6.07, 6.45) is 1.16. The molecule has 0 atom stereocenters. The highest BCUT2D eigenvalue weighted by atomic mass is 16.6. The number of aromatic nitrogens is 2. The molecular formula is C9H13N3O4. The third-order valence-electron chi connectivity index (χ3n) is 2.69. The molecule has 2 heterocycles. The van der Waals surface area contributed by atoms with Gasteiger partial charge in [0.25, 0.3) is 0 Å². The highest BCUT2D eigenvalue weighted by Crippen LogP contribution is 2.14. The first-order valence-corrected chi connectivity index (χ1v) is 5.12. The number of piperidine rings is 1. The van der Waals surface area contributed by atoms with Crippen molar-refractivity contribution < 1.29 is 19.6 Å². The molecule has 1 aliphatic rings. The van der Waals surface area contributed by atoms with Gasteiger partial charge in [-0.25, -0.2) is 9.42 Å². The van der Waals surface area contributed by atoms with E-state index in [0.29, 0.717) is 25.1 Å². The molecule has 0 amide bonds. The third kappa shape index (κ3) is 2.37. The summed E-state index contributed by atoms with van der Waals surface area (Å²) in [5.41, 5.74) is 0.204. The molecule has 1 fully saturated rings. The normalized spacial score (nSPS) is 18.8. The lowest BCUT2D eigenvalue weighted by molar-refractivity contribution is 0.0674. The minimum Gasteiger partial charge on any atom is -0.476 e. The number of rotatable bonds is 3. The molecule has 7 nitrogen and oxygen atoms in total. The molecule has 1 saturated heterocycles. The predicted molar refractivity (Wildman–Crippen MR) is 51.8 cm³/mol. The van der Waals surface area contributed by atoms with Gasteiger partial charge >= 0.3 is 5.97 Å². The van der Waals surface area contributed by atoms with Crippen LogP contribution in [0.2, 0.25) is 0 Å². The molecule has 2 N–H and O–H groups in total. The van der Waals surface area contributed by atoms with Crippen LogP contribution in [0.3, 0.4) is 0 Å². The molecule has 1 aromatic heterocycles. The van der Waals surface area contributed by atoms with Crippen molar-refractivity contribution >= 4 is 5.97 Å². The number of likely N-dealkylation sites (tertiary alicyclic amines) is 1. The number of carbonyl (C=O) groups is 1. The Bertz CT molecular complexity index is 371. The smallest absolute Gasteiger partial charge is 0.360 e. The summed E-state index contributed by atoms with van der Waals surface area (Å²) in [4.78, 5) is 12.8. The molecule has 2 rings (SSSR count). The van der Waals surface area contributed by atoms with Crippen LogP contribution < -0.4 is 0 Å². The maximum absolute atomic E-state index is 10.8. The van der Waals surface area contributed by atoms with Gasteiger partial charge in [0.2, 0.25) is 5.69 Å². The summed E-state index contributed by atoms with van der Waals surface area (Å²) in [6.45, 7) is 1.86. The van der Waals surface area contributed by atoms with Crippen molar-refractivity contribution in [1.29, 1.82) is 0 Å². The average Bonchev–Trinajstić information content (AvgIpc) is 2.69. The lowest BCUT2D eigenvalue weighted by Crippen LogP contribution is -2.35. The van der Waals surface area contributed by atoms with Crippen molar-refractivity contribution in [3.8, 4) is 0 Å². The molecule has 16 heavy (non-hydrogen) atoms. The SMILES string of the molecule is O=C(O)c1nonc1CN1CCC(O)CC1. The third-order valence-corrected chi connectivity index (χ3v) is 2.69. The molecule has 1 aromatic rings. The summed E-state index contributed by atoms with van der Waals surface area (Å²) in [7, 11) is 0. The van der Waals surface area contributed by atoms with Gasteiger partial charge in [-0.2, -0.15) is 0 Å². The van der Waals surface area contributed by atoms with E-state index in [2.05, 4.69) is 14.9 Å². The van der Waals surface area contributed by atoms with E-state index < -0.39 is 5.97 Å². The summed E-state index contributed by atoms with van der Waals surface area (Å²) in [6, 6.07) is 0. The van der Waals surface area contributed by atoms with Crippen molar-refractivity contribution in [3.63, 3.8) is 0 Å². The van der Waals surface area contributed by atoms with Crippen LogP contribution in [0.5, 0.6) is 0 Å². The van der Waals surface area contributed by atoms with Gasteiger partial charge in [0.1, 0.15) is 5.69 Å². The van der Waals surface area contributed by atoms with E-state index in [1.807, 2.05) is 4.90 Å². The van der Waals surface area contributed by atoms with Crippen LogP contribution in [0.25, 0.3) is 0 Å². The van der Waals surface area contributed by atoms with E-state index in [1.165, 1.54) is 0 Å². The zero-order valence-corrected chi connectivity index (χ0v) is 8.67. The quantitative estimate of drug-likeness (QED) is 0.732. The monoisotopic (exact) mass is 227 g/mol. The molecule has 0 unspecified atom stereocenters. The van der Waals surface area contributed by atoms with Crippen molar-refractivity contribution in [2.45, 2.75) is 25.5 Å². The second-order valence-electron chi connectivity index (χ2n) is 3.87. The van der Waals surface area contributed by atoms with Gasteiger partial charge in [0.15, 0.2) is 0 Å². The van der Waals surface area contributed by atoms with Gasteiger partial charge in [-0.15, -0.1) is 0 Å². The van der Waals surface area contributed by atoms with Gasteiger partial charge in [0.05, 0.1) is 6.10 Å². The fraction of sp³-hybridized carbons (Fsp3) is 0.667. The number of nitrogens with zero attached hydrogens (tertiary/aromatic N) is 3. The van der Waals surface area contributed by atoms with Gasteiger partial charge in [-0.1, -0.05) is 5.16 Å². The number of hydrogen-bond acceptors (Lipinski definition) is 6. The van der Waals surface area contributed by atoms with Crippen LogP contribution in [0.15, 0.2) is 4.63 Å². The summed E-state index contributed by atoms with van der Waals surface area (Å²) in [5, 5.41) is 25.0. The molecule has 0 bridgehead atoms. The van der Waals surface area contributed by atoms with Crippen LogP contribution in [0, 0.1) is 0 Å². The maximum atomic E-state index is 10.8. The molecule has 0 saturated carbocycles. The second kappa shape index (κ2) is 4.58. The maximum Gasteiger partial charge on any atom is 0.360 e. The largest absolute Gasteiger partial charge is 0.476 e. The number of carboxylic acid groups (broad SMARTS) is 1. The van der Waals surface area contributed by atoms with E-state index in [0.717, 1.165) is 13.1 Å². The molecule has 1 aliphatic heterocycles. The number of aliphatic hydroxyl groups excluding tert-OH is 1. The summed E-state index contributed by atoms with van der Waals surface area (Å²) in [5.74, 6) is -1.13. The number of aromatic carboxylic acids is 1. The second-order valence-corrected chi connectivity index (χ2v) is 3.87. The fourth-order valence-electron chi connectivity index (χ4n) is 1.76. The Morgan fingerprint density at radius 2 is 2.12 bits per heavy atom. The minimum absolute atomic E-state index is 0.133. The van der Waals surface area contributed by atoms with E-state index in [1.54, 1.807) is 0 Å². The Morgan fingerprint density at radius 1 is 1.44 bits per heavy atom. The van der Waals surface area contributed by atoms with E-state index >= 15 is 0 Å². The van der Waals surface area contributed by atoms with Crippen LogP contribution in [0.1, 0.15) is 29.0 Å². The van der Waals surface area contributed by atoms with Gasteiger partial charge in [0, 0.05) is 19.6 Å². The topological polar surface area (TPSA) is 99.7 Å². The highest BCUT2D eigenvalue weighted by Gasteiger charge is 2.22. The molecule has 0 spiro atoms. The first-order chi connectivity index (χ1) is 7.66. The molecule has 0 radical (unpaired) electrons. The van der Waals surface area contributed by atoms with E-state index in [9.17, 15) is 9.90 Å². The molecule has 0 aliphatic carbocycles. The first-order valence-electron chi connectivity index (χ1n) is 5.12. The average molecular weight is 227 g/mol. The molecule has 0 aromatic carbocycles. The minimum atomic E-state index is -1.13. The van der Waals surface area contributed by atoms with Crippen molar-refractivity contribution in [3.05, 3.63) is 11.4 Å². The zero-order chi connectivity index (χ0) is 11.5. The van der Waals surface area contributed by atoms with Gasteiger partial charge in [-0.3, -0.25) is 4.90 Å². The van der Waals surface area contributed by atoms with Crippen LogP contribution in [-0.2, 0) is 6.54 Å². The van der Waals surface area contributed by atoms with Gasteiger partial charge in [-0.05, 0) is 18.0 Å². The Kier molecular flexibility index (Phi) is 3.16. The van der Waals surface area contributed by atoms with Crippen LogP contribution >= 0.6 is 0 Å². The Balaban J connectivity index is 1.98. The molecule has 7 heteroatoms. The summed E-state index contributed by atoms with van der Waals surface area (Å²) < 4.78 is 4.41. The Hall–Kier alpha value is -1.47. The lowest BCUT2D eigenvalue weighted by Gasteiger charge is -2.28. The molecule has 88 valence electrons. The lowest BCUT2D eigenvalue weighted by atomic mass is 10.1. The van der Waals surface area contributed by atoms with E-state index in [-0.39, 0.29) is 11.8 Å². The number of aliphatic hydroxyl groups is 1. The van der Waals surface area contributed by atoms with Crippen molar-refractivity contribution in [2.75, 3.05) is 13.1 Å². The van der Waals surface area contributed by atoms with Crippen LogP contribution in [0.4, 0.5) is 0 Å². The number of carboxylic acids is 1. The standard InChI is InChI=1S/C9H13N3O4/c13-6-1-3-12(4-2-6)5-7-8(9(14)15)11-16-10-7/h6,13H,1-5H2,(H,14,15). The van der Waals surface area contributed by atoms with E-state index in [4.69, 9.17) is 5.11 Å². The zero-order valence-electron chi connectivity index (χ0n) is 8.67.